The minimum atomic E-state index is -0.512. The first-order valence-corrected chi connectivity index (χ1v) is 3.36. The van der Waals surface area contributed by atoms with E-state index < -0.39 is 5.97 Å². The summed E-state index contributed by atoms with van der Waals surface area (Å²) in [6, 6.07) is 1.40. The average molecular weight is 178 g/mol. The van der Waals surface area contributed by atoms with Gasteiger partial charge < -0.3 is 4.74 Å². The molecule has 0 saturated heterocycles. The van der Waals surface area contributed by atoms with Gasteiger partial charge in [-0.25, -0.2) is 4.79 Å². The number of azide groups is 1. The van der Waals surface area contributed by atoms with Crippen molar-refractivity contribution in [3.05, 3.63) is 34.5 Å². The maximum atomic E-state index is 11.0. The third-order valence-corrected chi connectivity index (χ3v) is 1.31. The number of esters is 1. The molecule has 6 heteroatoms. The predicted octanol–water partition coefficient (Wildman–Crippen LogP) is 1.81. The Hall–Kier alpha value is -2.07. The van der Waals surface area contributed by atoms with Gasteiger partial charge >= 0.3 is 5.97 Å². The second kappa shape index (κ2) is 4.08. The summed E-state index contributed by atoms with van der Waals surface area (Å²) in [4.78, 5) is 17.2. The molecular weight excluding hydrogens is 172 g/mol. The van der Waals surface area contributed by atoms with E-state index in [9.17, 15) is 4.79 Å². The fourth-order valence-electron chi connectivity index (χ4n) is 0.764. The lowest BCUT2D eigenvalue weighted by molar-refractivity contribution is 0.0600. The molecule has 0 bridgehead atoms. The van der Waals surface area contributed by atoms with Crippen molar-refractivity contribution in [2.24, 2.45) is 5.11 Å². The van der Waals surface area contributed by atoms with Crippen LogP contribution in [0.3, 0.4) is 0 Å². The average Bonchev–Trinajstić information content (AvgIpc) is 2.18. The highest BCUT2D eigenvalue weighted by Gasteiger charge is 2.04. The maximum Gasteiger partial charge on any atom is 0.339 e. The minimum Gasteiger partial charge on any atom is -0.465 e. The Bertz CT molecular complexity index is 371. The van der Waals surface area contributed by atoms with Crippen molar-refractivity contribution in [2.75, 3.05) is 7.11 Å². The second-order valence-electron chi connectivity index (χ2n) is 2.11. The summed E-state index contributed by atoms with van der Waals surface area (Å²) in [5.74, 6) is -0.512. The van der Waals surface area contributed by atoms with E-state index in [0.29, 0.717) is 0 Å². The number of nitrogens with zero attached hydrogens (tertiary/aromatic N) is 4. The van der Waals surface area contributed by atoms with Gasteiger partial charge in [0.1, 0.15) is 0 Å². The number of hydrogen-bond donors (Lipinski definition) is 0. The van der Waals surface area contributed by atoms with Gasteiger partial charge in [0, 0.05) is 17.3 Å². The van der Waals surface area contributed by atoms with Gasteiger partial charge in [0.25, 0.3) is 0 Å². The van der Waals surface area contributed by atoms with Gasteiger partial charge in [-0.15, -0.1) is 0 Å². The van der Waals surface area contributed by atoms with E-state index in [2.05, 4.69) is 19.7 Å². The molecule has 0 unspecified atom stereocenters. The SMILES string of the molecule is COC(=O)c1cncc(N=[N+]=[N-])c1. The summed E-state index contributed by atoms with van der Waals surface area (Å²) in [6.45, 7) is 0. The molecule has 13 heavy (non-hydrogen) atoms. The highest BCUT2D eigenvalue weighted by atomic mass is 16.5. The lowest BCUT2D eigenvalue weighted by atomic mass is 10.3. The van der Waals surface area contributed by atoms with E-state index >= 15 is 0 Å². The fraction of sp³-hybridized carbons (Fsp3) is 0.143. The Kier molecular flexibility index (Phi) is 2.83. The van der Waals surface area contributed by atoms with Crippen LogP contribution in [0.5, 0.6) is 0 Å². The third kappa shape index (κ3) is 2.18. The summed E-state index contributed by atoms with van der Waals surface area (Å²) in [5, 5.41) is 3.29. The van der Waals surface area contributed by atoms with E-state index in [0.717, 1.165) is 0 Å². The first-order valence-electron chi connectivity index (χ1n) is 3.36. The summed E-state index contributed by atoms with van der Waals surface area (Å²) >= 11 is 0. The normalized spacial score (nSPS) is 8.69. The molecule has 1 aromatic heterocycles. The van der Waals surface area contributed by atoms with Crippen molar-refractivity contribution >= 4 is 11.7 Å². The number of aromatic nitrogens is 1. The molecule has 66 valence electrons. The van der Waals surface area contributed by atoms with E-state index in [1.54, 1.807) is 0 Å². The van der Waals surface area contributed by atoms with Gasteiger partial charge in [-0.05, 0) is 11.6 Å². The highest BCUT2D eigenvalue weighted by molar-refractivity contribution is 5.89. The number of hydrogen-bond acceptors (Lipinski definition) is 4. The van der Waals surface area contributed by atoms with Crippen LogP contribution in [0.1, 0.15) is 10.4 Å². The van der Waals surface area contributed by atoms with Crippen molar-refractivity contribution in [1.82, 2.24) is 4.98 Å². The summed E-state index contributed by atoms with van der Waals surface area (Å²) in [7, 11) is 1.27. The molecule has 0 atom stereocenters. The molecule has 6 nitrogen and oxygen atoms in total. The largest absolute Gasteiger partial charge is 0.465 e. The molecule has 0 radical (unpaired) electrons. The van der Waals surface area contributed by atoms with Crippen LogP contribution in [0.2, 0.25) is 0 Å². The van der Waals surface area contributed by atoms with E-state index in [4.69, 9.17) is 5.53 Å². The lowest BCUT2D eigenvalue weighted by Crippen LogP contribution is -2.00. The third-order valence-electron chi connectivity index (χ3n) is 1.31. The van der Waals surface area contributed by atoms with Crippen LogP contribution < -0.4 is 0 Å². The van der Waals surface area contributed by atoms with Crippen LogP contribution in [-0.4, -0.2) is 18.1 Å². The Balaban J connectivity index is 3.04. The zero-order chi connectivity index (χ0) is 9.68. The Labute approximate surface area is 73.8 Å². The van der Waals surface area contributed by atoms with Crippen LogP contribution in [0, 0.1) is 0 Å². The smallest absolute Gasteiger partial charge is 0.339 e. The van der Waals surface area contributed by atoms with Crippen molar-refractivity contribution in [3.8, 4) is 0 Å². The van der Waals surface area contributed by atoms with E-state index in [-0.39, 0.29) is 11.3 Å². The number of rotatable bonds is 2. The Morgan fingerprint density at radius 2 is 2.46 bits per heavy atom. The molecule has 0 saturated carbocycles. The molecule has 1 rings (SSSR count). The summed E-state index contributed by atoms with van der Waals surface area (Å²) < 4.78 is 4.46. The molecule has 0 aliphatic carbocycles. The van der Waals surface area contributed by atoms with Crippen LogP contribution in [0.25, 0.3) is 10.4 Å². The van der Waals surface area contributed by atoms with Crippen LogP contribution >= 0.6 is 0 Å². The number of carbonyl (C=O) groups is 1. The van der Waals surface area contributed by atoms with Crippen LogP contribution in [0.15, 0.2) is 23.6 Å². The number of carbonyl (C=O) groups excluding carboxylic acids is 1. The van der Waals surface area contributed by atoms with Crippen molar-refractivity contribution in [3.63, 3.8) is 0 Å². The number of ether oxygens (including phenoxy) is 1. The fourth-order valence-corrected chi connectivity index (χ4v) is 0.764. The second-order valence-corrected chi connectivity index (χ2v) is 2.11. The van der Waals surface area contributed by atoms with Gasteiger partial charge in [-0.3, -0.25) is 4.98 Å². The minimum absolute atomic E-state index is 0.257. The van der Waals surface area contributed by atoms with Crippen LogP contribution in [0.4, 0.5) is 5.69 Å². The van der Waals surface area contributed by atoms with Crippen molar-refractivity contribution in [1.29, 1.82) is 0 Å². The molecule has 0 fully saturated rings. The molecule has 0 amide bonds. The van der Waals surface area contributed by atoms with E-state index in [1.165, 1.54) is 25.6 Å². The summed E-state index contributed by atoms with van der Waals surface area (Å²) in [6.07, 6.45) is 2.69. The van der Waals surface area contributed by atoms with Crippen molar-refractivity contribution < 1.29 is 9.53 Å². The standard InChI is InChI=1S/C7H6N4O2/c1-13-7(12)5-2-6(10-11-8)4-9-3-5/h2-4H,1H3. The molecule has 0 N–H and O–H groups in total. The maximum absolute atomic E-state index is 11.0. The quantitative estimate of drug-likeness (QED) is 0.299. The predicted molar refractivity (Wildman–Crippen MR) is 44.4 cm³/mol. The monoisotopic (exact) mass is 178 g/mol. The van der Waals surface area contributed by atoms with Gasteiger partial charge in [-0.2, -0.15) is 0 Å². The van der Waals surface area contributed by atoms with Crippen molar-refractivity contribution in [2.45, 2.75) is 0 Å². The number of methoxy groups -OCH3 is 1. The molecular formula is C7H6N4O2. The van der Waals surface area contributed by atoms with Gasteiger partial charge in [-0.1, -0.05) is 5.11 Å². The zero-order valence-corrected chi connectivity index (χ0v) is 6.84. The zero-order valence-electron chi connectivity index (χ0n) is 6.84. The Morgan fingerprint density at radius 3 is 3.08 bits per heavy atom. The van der Waals surface area contributed by atoms with Gasteiger partial charge in [0.2, 0.25) is 0 Å². The molecule has 0 spiro atoms. The highest BCUT2D eigenvalue weighted by Crippen LogP contribution is 2.12. The summed E-state index contributed by atoms with van der Waals surface area (Å²) in [5.41, 5.74) is 8.66. The van der Waals surface area contributed by atoms with Crippen LogP contribution in [-0.2, 0) is 4.74 Å². The first kappa shape index (κ1) is 9.02. The van der Waals surface area contributed by atoms with Gasteiger partial charge in [0.05, 0.1) is 18.4 Å². The molecule has 0 aliphatic rings. The molecule has 1 heterocycles. The molecule has 1 aromatic rings. The molecule has 0 aromatic carbocycles. The van der Waals surface area contributed by atoms with E-state index in [1.807, 2.05) is 0 Å². The molecule has 0 aliphatic heterocycles. The Morgan fingerprint density at radius 1 is 1.69 bits per heavy atom. The number of pyridine rings is 1. The lowest BCUT2D eigenvalue weighted by Gasteiger charge is -1.97. The van der Waals surface area contributed by atoms with Gasteiger partial charge in [0.15, 0.2) is 0 Å². The first-order chi connectivity index (χ1) is 6.27. The topological polar surface area (TPSA) is 88.0 Å².